The van der Waals surface area contributed by atoms with Gasteiger partial charge < -0.3 is 10.2 Å². The minimum atomic E-state index is -4.11. The molecule has 1 saturated carbocycles. The standard InChI is InChI=1S/C14H24F3N3O/c1-19(10-13(21)20-7-5-18-6-8-20)12-4-2-3-11(9-12)14(15,16)17/h11-12,18H,2-10H2,1H3. The van der Waals surface area contributed by atoms with Gasteiger partial charge in [0.15, 0.2) is 0 Å². The van der Waals surface area contributed by atoms with E-state index < -0.39 is 12.1 Å². The molecule has 7 heteroatoms. The fourth-order valence-corrected chi connectivity index (χ4v) is 3.22. The Morgan fingerprint density at radius 2 is 1.95 bits per heavy atom. The van der Waals surface area contributed by atoms with Crippen LogP contribution in [0.4, 0.5) is 13.2 Å². The zero-order valence-electron chi connectivity index (χ0n) is 12.5. The van der Waals surface area contributed by atoms with E-state index >= 15 is 0 Å². The summed E-state index contributed by atoms with van der Waals surface area (Å²) >= 11 is 0. The number of hydrogen-bond donors (Lipinski definition) is 1. The Bertz CT molecular complexity index is 356. The predicted octanol–water partition coefficient (Wildman–Crippen LogP) is 1.47. The van der Waals surface area contributed by atoms with Gasteiger partial charge in [-0.3, -0.25) is 9.69 Å². The van der Waals surface area contributed by atoms with Crippen LogP contribution in [0.1, 0.15) is 25.7 Å². The maximum absolute atomic E-state index is 12.8. The fourth-order valence-electron chi connectivity index (χ4n) is 3.22. The van der Waals surface area contributed by atoms with Gasteiger partial charge in [0.05, 0.1) is 12.5 Å². The fraction of sp³-hybridized carbons (Fsp3) is 0.929. The molecule has 1 aliphatic heterocycles. The molecule has 21 heavy (non-hydrogen) atoms. The van der Waals surface area contributed by atoms with Crippen molar-refractivity contribution in [2.45, 2.75) is 37.9 Å². The van der Waals surface area contributed by atoms with E-state index in [-0.39, 0.29) is 31.3 Å². The van der Waals surface area contributed by atoms with E-state index in [9.17, 15) is 18.0 Å². The highest BCUT2D eigenvalue weighted by Crippen LogP contribution is 2.38. The number of carbonyl (C=O) groups excluding carboxylic acids is 1. The van der Waals surface area contributed by atoms with Gasteiger partial charge in [-0.25, -0.2) is 0 Å². The van der Waals surface area contributed by atoms with E-state index in [0.717, 1.165) is 19.5 Å². The third-order valence-electron chi connectivity index (χ3n) is 4.59. The van der Waals surface area contributed by atoms with Gasteiger partial charge in [0.25, 0.3) is 0 Å². The van der Waals surface area contributed by atoms with E-state index in [2.05, 4.69) is 5.32 Å². The molecule has 0 radical (unpaired) electrons. The number of alkyl halides is 3. The Labute approximate surface area is 123 Å². The largest absolute Gasteiger partial charge is 0.391 e. The van der Waals surface area contributed by atoms with Crippen molar-refractivity contribution >= 4 is 5.91 Å². The van der Waals surface area contributed by atoms with E-state index in [4.69, 9.17) is 0 Å². The third-order valence-corrected chi connectivity index (χ3v) is 4.59. The van der Waals surface area contributed by atoms with Gasteiger partial charge >= 0.3 is 6.18 Å². The van der Waals surface area contributed by atoms with Crippen molar-refractivity contribution in [3.8, 4) is 0 Å². The van der Waals surface area contributed by atoms with Crippen molar-refractivity contribution in [3.63, 3.8) is 0 Å². The molecule has 0 aromatic rings. The number of carbonyl (C=O) groups is 1. The van der Waals surface area contributed by atoms with Crippen LogP contribution in [0.15, 0.2) is 0 Å². The highest BCUT2D eigenvalue weighted by molar-refractivity contribution is 5.78. The van der Waals surface area contributed by atoms with Crippen LogP contribution in [0.3, 0.4) is 0 Å². The van der Waals surface area contributed by atoms with Gasteiger partial charge in [-0.2, -0.15) is 13.2 Å². The molecule has 1 aliphatic carbocycles. The number of piperazine rings is 1. The smallest absolute Gasteiger partial charge is 0.339 e. The van der Waals surface area contributed by atoms with E-state index in [1.165, 1.54) is 0 Å². The summed E-state index contributed by atoms with van der Waals surface area (Å²) in [6, 6.07) is -0.141. The number of rotatable bonds is 3. The van der Waals surface area contributed by atoms with Crippen LogP contribution in [0.25, 0.3) is 0 Å². The van der Waals surface area contributed by atoms with Gasteiger partial charge in [0.1, 0.15) is 0 Å². The van der Waals surface area contributed by atoms with Crippen molar-refractivity contribution in [2.75, 3.05) is 39.8 Å². The van der Waals surface area contributed by atoms with Crippen LogP contribution in [0, 0.1) is 5.92 Å². The number of hydrogen-bond acceptors (Lipinski definition) is 3. The Morgan fingerprint density at radius 1 is 1.29 bits per heavy atom. The molecule has 1 N–H and O–H groups in total. The van der Waals surface area contributed by atoms with Gasteiger partial charge in [0.2, 0.25) is 5.91 Å². The molecule has 1 amide bonds. The monoisotopic (exact) mass is 307 g/mol. The van der Waals surface area contributed by atoms with Crippen molar-refractivity contribution < 1.29 is 18.0 Å². The van der Waals surface area contributed by atoms with Crippen LogP contribution in [0.2, 0.25) is 0 Å². The summed E-state index contributed by atoms with van der Waals surface area (Å²) in [4.78, 5) is 15.8. The highest BCUT2D eigenvalue weighted by atomic mass is 19.4. The lowest BCUT2D eigenvalue weighted by molar-refractivity contribution is -0.186. The maximum atomic E-state index is 12.8. The molecule has 0 spiro atoms. The molecule has 4 nitrogen and oxygen atoms in total. The molecule has 2 aliphatic rings. The summed E-state index contributed by atoms with van der Waals surface area (Å²) in [5.74, 6) is -1.19. The lowest BCUT2D eigenvalue weighted by Crippen LogP contribution is -2.51. The van der Waals surface area contributed by atoms with Crippen LogP contribution in [-0.2, 0) is 4.79 Å². The van der Waals surface area contributed by atoms with E-state index in [0.29, 0.717) is 19.5 Å². The number of amides is 1. The molecule has 2 unspecified atom stereocenters. The number of nitrogens with zero attached hydrogens (tertiary/aromatic N) is 2. The second-order valence-electron chi connectivity index (χ2n) is 6.10. The van der Waals surface area contributed by atoms with Crippen molar-refractivity contribution in [1.29, 1.82) is 0 Å². The van der Waals surface area contributed by atoms with E-state index in [1.54, 1.807) is 11.9 Å². The van der Waals surface area contributed by atoms with Gasteiger partial charge in [-0.05, 0) is 26.3 Å². The third kappa shape index (κ3) is 4.57. The molecule has 2 rings (SSSR count). The maximum Gasteiger partial charge on any atom is 0.391 e. The molecule has 0 bridgehead atoms. The second-order valence-corrected chi connectivity index (χ2v) is 6.10. The minimum absolute atomic E-state index is 0.0214. The van der Waals surface area contributed by atoms with Crippen LogP contribution >= 0.6 is 0 Å². The van der Waals surface area contributed by atoms with Gasteiger partial charge in [-0.15, -0.1) is 0 Å². The Hall–Kier alpha value is -0.820. The lowest BCUT2D eigenvalue weighted by Gasteiger charge is -2.37. The van der Waals surface area contributed by atoms with Crippen molar-refractivity contribution in [1.82, 2.24) is 15.1 Å². The zero-order valence-corrected chi connectivity index (χ0v) is 12.5. The first-order chi connectivity index (χ1) is 9.88. The first kappa shape index (κ1) is 16.5. The summed E-state index contributed by atoms with van der Waals surface area (Å²) in [6.07, 6.45) is -2.44. The van der Waals surface area contributed by atoms with Crippen LogP contribution in [-0.4, -0.2) is 67.7 Å². The lowest BCUT2D eigenvalue weighted by atomic mass is 9.84. The van der Waals surface area contributed by atoms with Crippen molar-refractivity contribution in [3.05, 3.63) is 0 Å². The number of halogens is 3. The second kappa shape index (κ2) is 6.96. The molecule has 0 aromatic carbocycles. The van der Waals surface area contributed by atoms with Gasteiger partial charge in [0, 0.05) is 32.2 Å². The Kier molecular flexibility index (Phi) is 5.48. The molecule has 2 atom stereocenters. The van der Waals surface area contributed by atoms with Crippen LogP contribution in [0.5, 0.6) is 0 Å². The van der Waals surface area contributed by atoms with E-state index in [1.807, 2.05) is 4.90 Å². The quantitative estimate of drug-likeness (QED) is 0.858. The molecule has 1 heterocycles. The number of likely N-dealkylation sites (N-methyl/N-ethyl adjacent to an activating group) is 1. The number of nitrogens with one attached hydrogen (secondary N) is 1. The summed E-state index contributed by atoms with van der Waals surface area (Å²) in [7, 11) is 1.77. The normalized spacial score (nSPS) is 28.0. The topological polar surface area (TPSA) is 35.6 Å². The molecular weight excluding hydrogens is 283 g/mol. The molecule has 122 valence electrons. The average Bonchev–Trinajstić information content (AvgIpc) is 2.47. The van der Waals surface area contributed by atoms with Gasteiger partial charge in [-0.1, -0.05) is 6.42 Å². The first-order valence-electron chi connectivity index (χ1n) is 7.63. The molecule has 2 fully saturated rings. The highest BCUT2D eigenvalue weighted by Gasteiger charge is 2.43. The SMILES string of the molecule is CN(CC(=O)N1CCNCC1)C1CCCC(C(F)(F)F)C1. The zero-order chi connectivity index (χ0) is 15.5. The summed E-state index contributed by atoms with van der Waals surface area (Å²) in [5.41, 5.74) is 0. The predicted molar refractivity (Wildman–Crippen MR) is 73.9 cm³/mol. The summed E-state index contributed by atoms with van der Waals surface area (Å²) in [6.45, 7) is 3.16. The Balaban J connectivity index is 1.84. The molecule has 1 saturated heterocycles. The summed E-state index contributed by atoms with van der Waals surface area (Å²) in [5, 5.41) is 3.18. The first-order valence-corrected chi connectivity index (χ1v) is 7.63. The molecule has 0 aromatic heterocycles. The van der Waals surface area contributed by atoms with Crippen molar-refractivity contribution in [2.24, 2.45) is 5.92 Å². The summed E-state index contributed by atoms with van der Waals surface area (Å²) < 4.78 is 38.5. The minimum Gasteiger partial charge on any atom is -0.339 e. The van der Waals surface area contributed by atoms with Crippen LogP contribution < -0.4 is 5.32 Å². The molecular formula is C14H24F3N3O. The Morgan fingerprint density at radius 3 is 2.57 bits per heavy atom. The average molecular weight is 307 g/mol.